The lowest BCUT2D eigenvalue weighted by atomic mass is 10.1. The van der Waals surface area contributed by atoms with Gasteiger partial charge in [0.05, 0.1) is 6.61 Å². The molecule has 1 N–H and O–H groups in total. The van der Waals surface area contributed by atoms with Crippen molar-refractivity contribution in [2.45, 2.75) is 38.8 Å². The maximum Gasteiger partial charge on any atom is 0.122 e. The molecule has 3 heteroatoms. The first kappa shape index (κ1) is 12.9. The Balaban J connectivity index is 1.70. The van der Waals surface area contributed by atoms with Crippen molar-refractivity contribution in [1.29, 1.82) is 0 Å². The fourth-order valence-electron chi connectivity index (χ4n) is 3.20. The molecule has 2 heterocycles. The van der Waals surface area contributed by atoms with E-state index in [-0.39, 0.29) is 0 Å². The van der Waals surface area contributed by atoms with Crippen molar-refractivity contribution in [3.63, 3.8) is 0 Å². The van der Waals surface area contributed by atoms with E-state index >= 15 is 0 Å². The standard InChI is InChI=1S/C16H24N2O/c1-2-8-18(15-5-7-17-11-15)12-13-3-4-16-14(10-13)6-9-19-16/h3-4,10,15,17H,2,5-9,11-12H2,1H3. The number of nitrogens with zero attached hydrogens (tertiary/aromatic N) is 1. The molecule has 3 rings (SSSR count). The SMILES string of the molecule is CCCN(Cc1ccc2c(c1)CCO2)C1CCNC1. The lowest BCUT2D eigenvalue weighted by Crippen LogP contribution is -2.36. The van der Waals surface area contributed by atoms with Crippen molar-refractivity contribution in [1.82, 2.24) is 10.2 Å². The highest BCUT2D eigenvalue weighted by molar-refractivity contribution is 5.39. The second-order valence-electron chi connectivity index (χ2n) is 5.66. The first-order valence-electron chi connectivity index (χ1n) is 7.56. The summed E-state index contributed by atoms with van der Waals surface area (Å²) in [7, 11) is 0. The number of fused-ring (bicyclic) bond motifs is 1. The highest BCUT2D eigenvalue weighted by Crippen LogP contribution is 2.26. The van der Waals surface area contributed by atoms with Gasteiger partial charge in [-0.2, -0.15) is 0 Å². The minimum Gasteiger partial charge on any atom is -0.493 e. The molecule has 3 nitrogen and oxygen atoms in total. The van der Waals surface area contributed by atoms with Crippen LogP contribution in [0, 0.1) is 0 Å². The average Bonchev–Trinajstić information content (AvgIpc) is 3.09. The molecule has 1 saturated heterocycles. The minimum absolute atomic E-state index is 0.712. The lowest BCUT2D eigenvalue weighted by Gasteiger charge is -2.28. The largest absolute Gasteiger partial charge is 0.493 e. The van der Waals surface area contributed by atoms with Crippen LogP contribution in [-0.4, -0.2) is 37.2 Å². The van der Waals surface area contributed by atoms with Gasteiger partial charge < -0.3 is 10.1 Å². The fourth-order valence-corrected chi connectivity index (χ4v) is 3.20. The van der Waals surface area contributed by atoms with Crippen molar-refractivity contribution in [3.05, 3.63) is 29.3 Å². The van der Waals surface area contributed by atoms with Crippen molar-refractivity contribution in [2.24, 2.45) is 0 Å². The number of rotatable bonds is 5. The molecule has 0 bridgehead atoms. The topological polar surface area (TPSA) is 24.5 Å². The highest BCUT2D eigenvalue weighted by Gasteiger charge is 2.22. The molecule has 0 radical (unpaired) electrons. The molecule has 0 saturated carbocycles. The number of hydrogen-bond acceptors (Lipinski definition) is 3. The molecular formula is C16H24N2O. The van der Waals surface area contributed by atoms with Crippen LogP contribution in [0.25, 0.3) is 0 Å². The Morgan fingerprint density at radius 2 is 2.37 bits per heavy atom. The molecule has 0 aliphatic carbocycles. The monoisotopic (exact) mass is 260 g/mol. The summed E-state index contributed by atoms with van der Waals surface area (Å²) in [4.78, 5) is 2.64. The molecule has 104 valence electrons. The number of ether oxygens (including phenoxy) is 1. The lowest BCUT2D eigenvalue weighted by molar-refractivity contribution is 0.199. The summed E-state index contributed by atoms with van der Waals surface area (Å²) >= 11 is 0. The van der Waals surface area contributed by atoms with E-state index in [4.69, 9.17) is 4.74 Å². The van der Waals surface area contributed by atoms with Gasteiger partial charge in [0.15, 0.2) is 0 Å². The van der Waals surface area contributed by atoms with Gasteiger partial charge in [0.2, 0.25) is 0 Å². The maximum atomic E-state index is 5.58. The Hall–Kier alpha value is -1.06. The van der Waals surface area contributed by atoms with Crippen LogP contribution in [0.5, 0.6) is 5.75 Å². The first-order valence-corrected chi connectivity index (χ1v) is 7.56. The summed E-state index contributed by atoms with van der Waals surface area (Å²) in [6, 6.07) is 7.43. The second kappa shape index (κ2) is 5.93. The molecule has 0 amide bonds. The van der Waals surface area contributed by atoms with Gasteiger partial charge in [-0.25, -0.2) is 0 Å². The van der Waals surface area contributed by atoms with E-state index in [2.05, 4.69) is 35.3 Å². The summed E-state index contributed by atoms with van der Waals surface area (Å²) in [5.41, 5.74) is 2.82. The third-order valence-electron chi connectivity index (χ3n) is 4.20. The third-order valence-corrected chi connectivity index (χ3v) is 4.20. The highest BCUT2D eigenvalue weighted by atomic mass is 16.5. The molecule has 1 aromatic carbocycles. The molecule has 1 fully saturated rings. The molecule has 1 aromatic rings. The fraction of sp³-hybridized carbons (Fsp3) is 0.625. The van der Waals surface area contributed by atoms with Crippen molar-refractivity contribution in [2.75, 3.05) is 26.2 Å². The van der Waals surface area contributed by atoms with Gasteiger partial charge in [0, 0.05) is 25.6 Å². The number of nitrogens with one attached hydrogen (secondary N) is 1. The van der Waals surface area contributed by atoms with Crippen LogP contribution in [-0.2, 0) is 13.0 Å². The summed E-state index contributed by atoms with van der Waals surface area (Å²) in [6.45, 7) is 7.71. The zero-order chi connectivity index (χ0) is 13.1. The summed E-state index contributed by atoms with van der Waals surface area (Å²) in [5, 5.41) is 3.48. The zero-order valence-corrected chi connectivity index (χ0v) is 11.8. The number of hydrogen-bond donors (Lipinski definition) is 1. The van der Waals surface area contributed by atoms with Crippen LogP contribution in [0.4, 0.5) is 0 Å². The Labute approximate surface area is 115 Å². The predicted molar refractivity (Wildman–Crippen MR) is 77.6 cm³/mol. The van der Waals surface area contributed by atoms with Crippen LogP contribution < -0.4 is 10.1 Å². The molecule has 0 spiro atoms. The van der Waals surface area contributed by atoms with Gasteiger partial charge in [-0.1, -0.05) is 19.1 Å². The van der Waals surface area contributed by atoms with Gasteiger partial charge in [0.1, 0.15) is 5.75 Å². The van der Waals surface area contributed by atoms with E-state index in [0.717, 1.165) is 31.9 Å². The van der Waals surface area contributed by atoms with E-state index in [0.29, 0.717) is 6.04 Å². The molecular weight excluding hydrogens is 236 g/mol. The number of benzene rings is 1. The smallest absolute Gasteiger partial charge is 0.122 e. The maximum absolute atomic E-state index is 5.58. The first-order chi connectivity index (χ1) is 9.36. The van der Waals surface area contributed by atoms with Crippen LogP contribution in [0.3, 0.4) is 0 Å². The van der Waals surface area contributed by atoms with E-state index in [1.54, 1.807) is 0 Å². The normalized spacial score (nSPS) is 21.7. The van der Waals surface area contributed by atoms with Gasteiger partial charge >= 0.3 is 0 Å². The molecule has 1 unspecified atom stereocenters. The Morgan fingerprint density at radius 1 is 1.42 bits per heavy atom. The van der Waals surface area contributed by atoms with Gasteiger partial charge in [-0.15, -0.1) is 0 Å². The van der Waals surface area contributed by atoms with Crippen LogP contribution in [0.15, 0.2) is 18.2 Å². The van der Waals surface area contributed by atoms with Crippen LogP contribution >= 0.6 is 0 Å². The average molecular weight is 260 g/mol. The van der Waals surface area contributed by atoms with Crippen LogP contribution in [0.1, 0.15) is 30.9 Å². The quantitative estimate of drug-likeness (QED) is 0.878. The van der Waals surface area contributed by atoms with E-state index in [1.165, 1.54) is 37.1 Å². The van der Waals surface area contributed by atoms with Gasteiger partial charge in [-0.05, 0) is 43.1 Å². The third kappa shape index (κ3) is 2.93. The summed E-state index contributed by atoms with van der Waals surface area (Å²) in [5.74, 6) is 1.09. The molecule has 2 aliphatic heterocycles. The molecule has 2 aliphatic rings. The van der Waals surface area contributed by atoms with Crippen molar-refractivity contribution >= 4 is 0 Å². The molecule has 19 heavy (non-hydrogen) atoms. The summed E-state index contributed by atoms with van der Waals surface area (Å²) < 4.78 is 5.58. The second-order valence-corrected chi connectivity index (χ2v) is 5.66. The Morgan fingerprint density at radius 3 is 3.16 bits per heavy atom. The van der Waals surface area contributed by atoms with E-state index in [9.17, 15) is 0 Å². The van der Waals surface area contributed by atoms with Gasteiger partial charge in [-0.3, -0.25) is 4.90 Å². The molecule has 0 aromatic heterocycles. The van der Waals surface area contributed by atoms with Gasteiger partial charge in [0.25, 0.3) is 0 Å². The van der Waals surface area contributed by atoms with Crippen molar-refractivity contribution in [3.8, 4) is 5.75 Å². The molecule has 1 atom stereocenters. The minimum atomic E-state index is 0.712. The van der Waals surface area contributed by atoms with E-state index in [1.807, 2.05) is 0 Å². The van der Waals surface area contributed by atoms with Crippen LogP contribution in [0.2, 0.25) is 0 Å². The zero-order valence-electron chi connectivity index (χ0n) is 11.8. The Bertz CT molecular complexity index is 427. The van der Waals surface area contributed by atoms with E-state index < -0.39 is 0 Å². The Kier molecular flexibility index (Phi) is 4.04. The summed E-state index contributed by atoms with van der Waals surface area (Å²) in [6.07, 6.45) is 3.58. The predicted octanol–water partition coefficient (Wildman–Crippen LogP) is 2.20. The van der Waals surface area contributed by atoms with Crippen molar-refractivity contribution < 1.29 is 4.74 Å².